The third-order valence-electron chi connectivity index (χ3n) is 2.55. The molecule has 0 aliphatic rings. The highest BCUT2D eigenvalue weighted by Crippen LogP contribution is 2.21. The summed E-state index contributed by atoms with van der Waals surface area (Å²) < 4.78 is 2.00. The van der Waals surface area contributed by atoms with Gasteiger partial charge in [0.1, 0.15) is 0 Å². The van der Waals surface area contributed by atoms with Crippen LogP contribution in [0.1, 0.15) is 12.5 Å². The topological polar surface area (TPSA) is 43.8 Å². The minimum absolute atomic E-state index is 0.577. The summed E-state index contributed by atoms with van der Waals surface area (Å²) in [5, 5.41) is 0. The summed E-state index contributed by atoms with van der Waals surface area (Å²) in [6, 6.07) is 8.38. The Labute approximate surface area is 89.6 Å². The molecule has 2 N–H and O–H groups in total. The molecule has 0 saturated heterocycles. The highest BCUT2D eigenvalue weighted by atomic mass is 15.1. The van der Waals surface area contributed by atoms with E-state index in [0.29, 0.717) is 5.95 Å². The normalized spacial score (nSPS) is 10.5. The van der Waals surface area contributed by atoms with Gasteiger partial charge >= 0.3 is 0 Å². The summed E-state index contributed by atoms with van der Waals surface area (Å²) >= 11 is 0. The Morgan fingerprint density at radius 3 is 2.53 bits per heavy atom. The zero-order valence-electron chi connectivity index (χ0n) is 9.07. The average molecular weight is 201 g/mol. The first-order valence-electron chi connectivity index (χ1n) is 5.10. The number of nitrogen functional groups attached to an aromatic ring is 1. The van der Waals surface area contributed by atoms with Gasteiger partial charge in [-0.15, -0.1) is 0 Å². The highest BCUT2D eigenvalue weighted by molar-refractivity contribution is 5.61. The lowest BCUT2D eigenvalue weighted by molar-refractivity contribution is 0.781. The van der Waals surface area contributed by atoms with Crippen LogP contribution in [0.5, 0.6) is 0 Å². The van der Waals surface area contributed by atoms with E-state index in [0.717, 1.165) is 17.8 Å². The number of nitrogens with two attached hydrogens (primary N) is 1. The smallest absolute Gasteiger partial charge is 0.200 e. The molecule has 0 bridgehead atoms. The van der Waals surface area contributed by atoms with E-state index < -0.39 is 0 Å². The molecule has 0 radical (unpaired) electrons. The summed E-state index contributed by atoms with van der Waals surface area (Å²) in [5.41, 5.74) is 9.27. The van der Waals surface area contributed by atoms with Gasteiger partial charge < -0.3 is 10.3 Å². The molecule has 0 atom stereocenters. The fourth-order valence-electron chi connectivity index (χ4n) is 1.68. The van der Waals surface area contributed by atoms with Crippen molar-refractivity contribution in [2.45, 2.75) is 20.4 Å². The zero-order valence-corrected chi connectivity index (χ0v) is 9.07. The molecule has 0 saturated carbocycles. The van der Waals surface area contributed by atoms with Crippen LogP contribution in [0.2, 0.25) is 0 Å². The van der Waals surface area contributed by atoms with Crippen LogP contribution in [0, 0.1) is 6.92 Å². The van der Waals surface area contributed by atoms with Crippen LogP contribution in [0.15, 0.2) is 30.5 Å². The van der Waals surface area contributed by atoms with Crippen molar-refractivity contribution in [3.63, 3.8) is 0 Å². The second-order valence-corrected chi connectivity index (χ2v) is 3.61. The van der Waals surface area contributed by atoms with E-state index in [2.05, 4.69) is 43.1 Å². The number of anilines is 1. The van der Waals surface area contributed by atoms with Crippen LogP contribution in [0.4, 0.5) is 5.95 Å². The number of hydrogen-bond donors (Lipinski definition) is 1. The van der Waals surface area contributed by atoms with Crippen molar-refractivity contribution < 1.29 is 0 Å². The third kappa shape index (κ3) is 1.73. The van der Waals surface area contributed by atoms with Gasteiger partial charge in [0, 0.05) is 6.54 Å². The van der Waals surface area contributed by atoms with E-state index in [4.69, 9.17) is 5.73 Å². The van der Waals surface area contributed by atoms with Gasteiger partial charge in [-0.2, -0.15) is 0 Å². The number of imidazole rings is 1. The second kappa shape index (κ2) is 3.77. The molecular formula is C12H15N3. The van der Waals surface area contributed by atoms with Crippen LogP contribution in [-0.4, -0.2) is 9.55 Å². The molecule has 0 amide bonds. The monoisotopic (exact) mass is 201 g/mol. The first-order chi connectivity index (χ1) is 7.22. The predicted molar refractivity (Wildman–Crippen MR) is 62.5 cm³/mol. The Balaban J connectivity index is 2.49. The van der Waals surface area contributed by atoms with Crippen molar-refractivity contribution >= 4 is 5.95 Å². The SMILES string of the molecule is CCn1c(-c2ccc(C)cc2)cnc1N. The first-order valence-corrected chi connectivity index (χ1v) is 5.10. The molecular weight excluding hydrogens is 186 g/mol. The molecule has 1 aromatic carbocycles. The maximum atomic E-state index is 5.77. The molecule has 3 heteroatoms. The molecule has 0 spiro atoms. The summed E-state index contributed by atoms with van der Waals surface area (Å²) in [4.78, 5) is 4.13. The number of hydrogen-bond acceptors (Lipinski definition) is 2. The fraction of sp³-hybridized carbons (Fsp3) is 0.250. The highest BCUT2D eigenvalue weighted by Gasteiger charge is 2.06. The van der Waals surface area contributed by atoms with Crippen LogP contribution in [0.3, 0.4) is 0 Å². The second-order valence-electron chi connectivity index (χ2n) is 3.61. The molecule has 1 heterocycles. The standard InChI is InChI=1S/C12H15N3/c1-3-15-11(8-14-12(15)13)10-6-4-9(2)5-7-10/h4-8H,3H2,1-2H3,(H2,13,14). The van der Waals surface area contributed by atoms with Gasteiger partial charge in [0.15, 0.2) is 0 Å². The Kier molecular flexibility index (Phi) is 2.46. The number of aromatic nitrogens is 2. The van der Waals surface area contributed by atoms with E-state index >= 15 is 0 Å². The number of nitrogens with zero attached hydrogens (tertiary/aromatic N) is 2. The van der Waals surface area contributed by atoms with Gasteiger partial charge in [0.2, 0.25) is 5.95 Å². The quantitative estimate of drug-likeness (QED) is 0.811. The average Bonchev–Trinajstić information content (AvgIpc) is 2.61. The summed E-state index contributed by atoms with van der Waals surface area (Å²) in [7, 11) is 0. The molecule has 3 nitrogen and oxygen atoms in total. The van der Waals surface area contributed by atoms with Crippen molar-refractivity contribution in [3.8, 4) is 11.3 Å². The minimum Gasteiger partial charge on any atom is -0.369 e. The third-order valence-corrected chi connectivity index (χ3v) is 2.55. The van der Waals surface area contributed by atoms with E-state index in [1.807, 2.05) is 10.8 Å². The van der Waals surface area contributed by atoms with E-state index in [1.165, 1.54) is 5.56 Å². The number of benzene rings is 1. The molecule has 0 aliphatic carbocycles. The Hall–Kier alpha value is -1.77. The van der Waals surface area contributed by atoms with Crippen molar-refractivity contribution in [2.24, 2.45) is 0 Å². The van der Waals surface area contributed by atoms with Gasteiger partial charge in [-0.3, -0.25) is 0 Å². The Morgan fingerprint density at radius 2 is 1.93 bits per heavy atom. The molecule has 1 aromatic heterocycles. The summed E-state index contributed by atoms with van der Waals surface area (Å²) in [6.45, 7) is 4.99. The molecule has 2 rings (SSSR count). The predicted octanol–water partition coefficient (Wildman–Crippen LogP) is 2.46. The van der Waals surface area contributed by atoms with Gasteiger partial charge in [-0.1, -0.05) is 29.8 Å². The lowest BCUT2D eigenvalue weighted by atomic mass is 10.1. The molecule has 0 unspecified atom stereocenters. The molecule has 0 fully saturated rings. The summed E-state index contributed by atoms with van der Waals surface area (Å²) in [5.74, 6) is 0.577. The Morgan fingerprint density at radius 1 is 1.27 bits per heavy atom. The van der Waals surface area contributed by atoms with Crippen molar-refractivity contribution in [1.29, 1.82) is 0 Å². The van der Waals surface area contributed by atoms with E-state index in [-0.39, 0.29) is 0 Å². The zero-order chi connectivity index (χ0) is 10.8. The molecule has 78 valence electrons. The van der Waals surface area contributed by atoms with E-state index in [9.17, 15) is 0 Å². The number of aryl methyl sites for hydroxylation is 1. The summed E-state index contributed by atoms with van der Waals surface area (Å²) in [6.07, 6.45) is 1.82. The van der Waals surface area contributed by atoms with Crippen LogP contribution >= 0.6 is 0 Å². The minimum atomic E-state index is 0.577. The lowest BCUT2D eigenvalue weighted by Crippen LogP contribution is -2.02. The van der Waals surface area contributed by atoms with Gasteiger partial charge in [-0.25, -0.2) is 4.98 Å². The fourth-order valence-corrected chi connectivity index (χ4v) is 1.68. The lowest BCUT2D eigenvalue weighted by Gasteiger charge is -2.06. The van der Waals surface area contributed by atoms with Crippen molar-refractivity contribution in [1.82, 2.24) is 9.55 Å². The maximum absolute atomic E-state index is 5.77. The Bertz CT molecular complexity index is 454. The first kappa shape index (κ1) is 9.77. The van der Waals surface area contributed by atoms with Crippen molar-refractivity contribution in [2.75, 3.05) is 5.73 Å². The van der Waals surface area contributed by atoms with Crippen LogP contribution < -0.4 is 5.73 Å². The van der Waals surface area contributed by atoms with Crippen LogP contribution in [0.25, 0.3) is 11.3 Å². The maximum Gasteiger partial charge on any atom is 0.200 e. The van der Waals surface area contributed by atoms with Gasteiger partial charge in [0.25, 0.3) is 0 Å². The van der Waals surface area contributed by atoms with Gasteiger partial charge in [0.05, 0.1) is 11.9 Å². The largest absolute Gasteiger partial charge is 0.369 e. The van der Waals surface area contributed by atoms with E-state index in [1.54, 1.807) is 0 Å². The number of rotatable bonds is 2. The van der Waals surface area contributed by atoms with Crippen molar-refractivity contribution in [3.05, 3.63) is 36.0 Å². The van der Waals surface area contributed by atoms with Crippen LogP contribution in [-0.2, 0) is 6.54 Å². The molecule has 15 heavy (non-hydrogen) atoms. The molecule has 0 aliphatic heterocycles. The molecule has 2 aromatic rings. The van der Waals surface area contributed by atoms with Gasteiger partial charge in [-0.05, 0) is 19.4 Å².